The van der Waals surface area contributed by atoms with E-state index < -0.39 is 11.8 Å². The Hall–Kier alpha value is -2.13. The fourth-order valence-corrected chi connectivity index (χ4v) is 2.70. The van der Waals surface area contributed by atoms with E-state index in [1.54, 1.807) is 36.4 Å². The van der Waals surface area contributed by atoms with Crippen molar-refractivity contribution in [3.8, 4) is 0 Å². The molecule has 0 unspecified atom stereocenters. The molecule has 2 aromatic carbocycles. The van der Waals surface area contributed by atoms with Crippen LogP contribution in [0.3, 0.4) is 0 Å². The van der Waals surface area contributed by atoms with Gasteiger partial charge in [0.05, 0.1) is 10.7 Å². The molecule has 2 aromatic rings. The average molecular weight is 486 g/mol. The largest absolute Gasteiger partial charge is 0.325 e. The SMILES string of the molecule is Cc1ccc(C(=O)NNC(=O)CCC(=O)Nc2ccccc2Cl)cc1I. The number of hydrazine groups is 1. The molecule has 26 heavy (non-hydrogen) atoms. The minimum Gasteiger partial charge on any atom is -0.325 e. The molecule has 136 valence electrons. The van der Waals surface area contributed by atoms with Gasteiger partial charge >= 0.3 is 0 Å². The van der Waals surface area contributed by atoms with Gasteiger partial charge in [0.1, 0.15) is 0 Å². The summed E-state index contributed by atoms with van der Waals surface area (Å²) in [6, 6.07) is 12.1. The van der Waals surface area contributed by atoms with Crippen molar-refractivity contribution in [3.05, 3.63) is 62.2 Å². The standard InChI is InChI=1S/C18H17ClIN3O3/c1-11-6-7-12(10-14(11)20)18(26)23-22-17(25)9-8-16(24)21-15-5-3-2-4-13(15)19/h2-7,10H,8-9H2,1H3,(H,21,24)(H,22,25)(H,23,26). The van der Waals surface area contributed by atoms with E-state index in [0.717, 1.165) is 9.13 Å². The lowest BCUT2D eigenvalue weighted by atomic mass is 10.1. The van der Waals surface area contributed by atoms with Crippen molar-refractivity contribution in [1.29, 1.82) is 0 Å². The lowest BCUT2D eigenvalue weighted by Crippen LogP contribution is -2.41. The van der Waals surface area contributed by atoms with E-state index in [-0.39, 0.29) is 18.7 Å². The first-order valence-corrected chi connectivity index (χ1v) is 9.22. The molecule has 0 aromatic heterocycles. The molecule has 0 spiro atoms. The van der Waals surface area contributed by atoms with Gasteiger partial charge in [-0.3, -0.25) is 25.2 Å². The normalized spacial score (nSPS) is 10.1. The van der Waals surface area contributed by atoms with Gasteiger partial charge in [-0.05, 0) is 59.3 Å². The maximum absolute atomic E-state index is 12.0. The summed E-state index contributed by atoms with van der Waals surface area (Å²) in [5.74, 6) is -1.22. The first-order chi connectivity index (χ1) is 12.4. The third-order valence-corrected chi connectivity index (χ3v) is 4.97. The minimum atomic E-state index is -0.463. The van der Waals surface area contributed by atoms with E-state index in [0.29, 0.717) is 16.3 Å². The number of hydrogen-bond acceptors (Lipinski definition) is 3. The fourth-order valence-electron chi connectivity index (χ4n) is 2.00. The number of benzene rings is 2. The highest BCUT2D eigenvalue weighted by molar-refractivity contribution is 14.1. The van der Waals surface area contributed by atoms with Gasteiger partial charge in [0.2, 0.25) is 11.8 Å². The summed E-state index contributed by atoms with van der Waals surface area (Å²) in [5, 5.41) is 3.05. The lowest BCUT2D eigenvalue weighted by molar-refractivity contribution is -0.124. The fraction of sp³-hybridized carbons (Fsp3) is 0.167. The number of carbonyl (C=O) groups is 3. The number of aryl methyl sites for hydroxylation is 1. The molecule has 0 radical (unpaired) electrons. The van der Waals surface area contributed by atoms with E-state index in [2.05, 4.69) is 38.8 Å². The second-order valence-corrected chi connectivity index (χ2v) is 7.06. The minimum absolute atomic E-state index is 0.0324. The van der Waals surface area contributed by atoms with Crippen LogP contribution in [0.1, 0.15) is 28.8 Å². The Morgan fingerprint density at radius 3 is 2.38 bits per heavy atom. The predicted molar refractivity (Wildman–Crippen MR) is 109 cm³/mol. The number of rotatable bonds is 5. The van der Waals surface area contributed by atoms with Gasteiger partial charge < -0.3 is 5.32 Å². The summed E-state index contributed by atoms with van der Waals surface area (Å²) in [4.78, 5) is 35.7. The van der Waals surface area contributed by atoms with E-state index >= 15 is 0 Å². The second kappa shape index (κ2) is 9.54. The Morgan fingerprint density at radius 2 is 1.69 bits per heavy atom. The van der Waals surface area contributed by atoms with Crippen LogP contribution >= 0.6 is 34.2 Å². The molecule has 0 saturated carbocycles. The van der Waals surface area contributed by atoms with Crippen LogP contribution in [0, 0.1) is 10.5 Å². The van der Waals surface area contributed by atoms with E-state index in [1.807, 2.05) is 13.0 Å². The van der Waals surface area contributed by atoms with Gasteiger partial charge in [-0.25, -0.2) is 0 Å². The van der Waals surface area contributed by atoms with Crippen LogP contribution < -0.4 is 16.2 Å². The number of para-hydroxylation sites is 1. The van der Waals surface area contributed by atoms with Crippen LogP contribution in [-0.4, -0.2) is 17.7 Å². The Morgan fingerprint density at radius 1 is 1.00 bits per heavy atom. The highest BCUT2D eigenvalue weighted by atomic mass is 127. The van der Waals surface area contributed by atoms with Crippen LogP contribution in [0.4, 0.5) is 5.69 Å². The molecule has 0 saturated heterocycles. The molecule has 8 heteroatoms. The Labute approximate surface area is 169 Å². The summed E-state index contributed by atoms with van der Waals surface area (Å²) in [5.41, 5.74) is 6.63. The van der Waals surface area contributed by atoms with E-state index in [1.165, 1.54) is 0 Å². The van der Waals surface area contributed by atoms with Gasteiger partial charge in [0.15, 0.2) is 0 Å². The first-order valence-electron chi connectivity index (χ1n) is 7.76. The molecule has 0 heterocycles. The van der Waals surface area contributed by atoms with Gasteiger partial charge in [-0.1, -0.05) is 29.8 Å². The van der Waals surface area contributed by atoms with Crippen molar-refractivity contribution in [2.24, 2.45) is 0 Å². The van der Waals surface area contributed by atoms with Crippen LogP contribution in [0.25, 0.3) is 0 Å². The van der Waals surface area contributed by atoms with E-state index in [4.69, 9.17) is 11.6 Å². The zero-order valence-electron chi connectivity index (χ0n) is 13.9. The van der Waals surface area contributed by atoms with Crippen LogP contribution in [-0.2, 0) is 9.59 Å². The summed E-state index contributed by atoms with van der Waals surface area (Å²) in [6.07, 6.45) is -0.0998. The summed E-state index contributed by atoms with van der Waals surface area (Å²) >= 11 is 8.09. The quantitative estimate of drug-likeness (QED) is 0.448. The van der Waals surface area contributed by atoms with Crippen molar-refractivity contribution in [2.45, 2.75) is 19.8 Å². The Bertz CT molecular complexity index is 842. The monoisotopic (exact) mass is 485 g/mol. The molecule has 3 N–H and O–H groups in total. The number of carbonyl (C=O) groups excluding carboxylic acids is 3. The number of hydrogen-bond donors (Lipinski definition) is 3. The maximum atomic E-state index is 12.0. The van der Waals surface area contributed by atoms with Crippen molar-refractivity contribution < 1.29 is 14.4 Å². The van der Waals surface area contributed by atoms with Gasteiger partial charge in [-0.2, -0.15) is 0 Å². The summed E-state index contributed by atoms with van der Waals surface area (Å²) < 4.78 is 0.956. The van der Waals surface area contributed by atoms with Crippen LogP contribution in [0.15, 0.2) is 42.5 Å². The number of halogens is 2. The predicted octanol–water partition coefficient (Wildman–Crippen LogP) is 3.43. The second-order valence-electron chi connectivity index (χ2n) is 5.49. The average Bonchev–Trinajstić information content (AvgIpc) is 2.62. The lowest BCUT2D eigenvalue weighted by Gasteiger charge is -2.09. The van der Waals surface area contributed by atoms with Crippen LogP contribution in [0.2, 0.25) is 5.02 Å². The van der Waals surface area contributed by atoms with Crippen molar-refractivity contribution in [1.82, 2.24) is 10.9 Å². The molecule has 0 fully saturated rings. The van der Waals surface area contributed by atoms with Crippen molar-refractivity contribution in [3.63, 3.8) is 0 Å². The van der Waals surface area contributed by atoms with Gasteiger partial charge in [0.25, 0.3) is 5.91 Å². The molecular weight excluding hydrogens is 469 g/mol. The number of anilines is 1. The molecule has 2 rings (SSSR count). The number of amides is 3. The molecule has 0 aliphatic rings. The topological polar surface area (TPSA) is 87.3 Å². The smallest absolute Gasteiger partial charge is 0.269 e. The van der Waals surface area contributed by atoms with Gasteiger partial charge in [-0.15, -0.1) is 0 Å². The highest BCUT2D eigenvalue weighted by Crippen LogP contribution is 2.20. The third-order valence-electron chi connectivity index (χ3n) is 3.48. The molecule has 0 aliphatic heterocycles. The maximum Gasteiger partial charge on any atom is 0.269 e. The summed E-state index contributed by atoms with van der Waals surface area (Å²) in [7, 11) is 0. The molecular formula is C18H17ClIN3O3. The summed E-state index contributed by atoms with van der Waals surface area (Å²) in [6.45, 7) is 1.94. The van der Waals surface area contributed by atoms with E-state index in [9.17, 15) is 14.4 Å². The first kappa shape index (κ1) is 20.2. The third kappa shape index (κ3) is 5.99. The number of nitrogens with one attached hydrogen (secondary N) is 3. The van der Waals surface area contributed by atoms with Crippen molar-refractivity contribution >= 4 is 57.6 Å². The molecule has 6 nitrogen and oxygen atoms in total. The Balaban J connectivity index is 1.76. The zero-order chi connectivity index (χ0) is 19.1. The molecule has 3 amide bonds. The van der Waals surface area contributed by atoms with Crippen molar-refractivity contribution in [2.75, 3.05) is 5.32 Å². The van der Waals surface area contributed by atoms with Gasteiger partial charge in [0, 0.05) is 22.0 Å². The Kier molecular flexibility index (Phi) is 7.40. The highest BCUT2D eigenvalue weighted by Gasteiger charge is 2.11. The van der Waals surface area contributed by atoms with Crippen LogP contribution in [0.5, 0.6) is 0 Å². The molecule has 0 atom stereocenters. The molecule has 0 aliphatic carbocycles. The zero-order valence-corrected chi connectivity index (χ0v) is 16.8. The molecule has 0 bridgehead atoms.